The van der Waals surface area contributed by atoms with Gasteiger partial charge in [-0.3, -0.25) is 0 Å². The number of nitrogen functional groups attached to an aromatic ring is 1. The van der Waals surface area contributed by atoms with E-state index in [1.165, 1.54) is 6.07 Å². The van der Waals surface area contributed by atoms with Crippen molar-refractivity contribution in [3.8, 4) is 5.75 Å². The lowest BCUT2D eigenvalue weighted by atomic mass is 10.1. The Hall–Kier alpha value is -1.31. The van der Waals surface area contributed by atoms with Gasteiger partial charge < -0.3 is 15.2 Å². The summed E-state index contributed by atoms with van der Waals surface area (Å²) in [5.41, 5.74) is 7.12. The molecule has 7 heteroatoms. The standard InChI is InChI=1S/C13H18N2O4S/c14-10-6-9-2-1-4-19-13(9)12(7-10)20(16,17)15-11-3-5-18-8-11/h6-7,11,15H,1-5,8,14H2. The van der Waals surface area contributed by atoms with Gasteiger partial charge in [0.2, 0.25) is 10.0 Å². The molecule has 0 bridgehead atoms. The van der Waals surface area contributed by atoms with Crippen LogP contribution in [-0.4, -0.2) is 34.3 Å². The van der Waals surface area contributed by atoms with Crippen molar-refractivity contribution >= 4 is 15.7 Å². The van der Waals surface area contributed by atoms with Crippen molar-refractivity contribution in [3.63, 3.8) is 0 Å². The molecular formula is C13H18N2O4S. The molecule has 1 saturated heterocycles. The first-order chi connectivity index (χ1) is 9.56. The van der Waals surface area contributed by atoms with E-state index in [2.05, 4.69) is 4.72 Å². The number of anilines is 1. The van der Waals surface area contributed by atoms with Crippen molar-refractivity contribution in [2.75, 3.05) is 25.6 Å². The molecule has 1 aromatic rings. The van der Waals surface area contributed by atoms with Gasteiger partial charge >= 0.3 is 0 Å². The number of aryl methyl sites for hydroxylation is 1. The number of nitrogens with one attached hydrogen (secondary N) is 1. The van der Waals surface area contributed by atoms with Crippen LogP contribution >= 0.6 is 0 Å². The minimum absolute atomic E-state index is 0.138. The Morgan fingerprint density at radius 2 is 2.15 bits per heavy atom. The summed E-state index contributed by atoms with van der Waals surface area (Å²) >= 11 is 0. The normalized spacial score (nSPS) is 22.3. The molecule has 6 nitrogen and oxygen atoms in total. The van der Waals surface area contributed by atoms with E-state index >= 15 is 0 Å². The van der Waals surface area contributed by atoms with E-state index in [4.69, 9.17) is 15.2 Å². The number of fused-ring (bicyclic) bond motifs is 1. The summed E-state index contributed by atoms with van der Waals surface area (Å²) in [6.07, 6.45) is 2.35. The summed E-state index contributed by atoms with van der Waals surface area (Å²) < 4.78 is 38.4. The molecule has 0 radical (unpaired) electrons. The van der Waals surface area contributed by atoms with E-state index in [0.717, 1.165) is 18.4 Å². The largest absolute Gasteiger partial charge is 0.492 e. The number of rotatable bonds is 3. The quantitative estimate of drug-likeness (QED) is 0.800. The fraction of sp³-hybridized carbons (Fsp3) is 0.538. The Balaban J connectivity index is 1.97. The van der Waals surface area contributed by atoms with Gasteiger partial charge in [0.25, 0.3) is 0 Å². The SMILES string of the molecule is Nc1cc2c(c(S(=O)(=O)NC3CCOC3)c1)OCCC2. The predicted molar refractivity (Wildman–Crippen MR) is 74.2 cm³/mol. The molecule has 2 heterocycles. The van der Waals surface area contributed by atoms with E-state index in [9.17, 15) is 8.42 Å². The molecule has 3 rings (SSSR count). The first-order valence-electron chi connectivity index (χ1n) is 6.71. The van der Waals surface area contributed by atoms with Gasteiger partial charge in [0.15, 0.2) is 0 Å². The van der Waals surface area contributed by atoms with Crippen molar-refractivity contribution in [1.29, 1.82) is 0 Å². The fourth-order valence-electron chi connectivity index (χ4n) is 2.58. The van der Waals surface area contributed by atoms with Crippen molar-refractivity contribution in [3.05, 3.63) is 17.7 Å². The van der Waals surface area contributed by atoms with Crippen LogP contribution in [0.5, 0.6) is 5.75 Å². The lowest BCUT2D eigenvalue weighted by molar-refractivity contribution is 0.192. The van der Waals surface area contributed by atoms with Crippen LogP contribution in [-0.2, 0) is 21.2 Å². The lowest BCUT2D eigenvalue weighted by Crippen LogP contribution is -2.35. The number of hydrogen-bond donors (Lipinski definition) is 2. The minimum atomic E-state index is -3.64. The summed E-state index contributed by atoms with van der Waals surface area (Å²) in [6, 6.07) is 3.06. The van der Waals surface area contributed by atoms with Crippen molar-refractivity contribution in [2.45, 2.75) is 30.2 Å². The summed E-state index contributed by atoms with van der Waals surface area (Å²) in [4.78, 5) is 0.138. The van der Waals surface area contributed by atoms with Gasteiger partial charge in [-0.15, -0.1) is 0 Å². The second-order valence-electron chi connectivity index (χ2n) is 5.14. The third kappa shape index (κ3) is 2.61. The first kappa shape index (κ1) is 13.7. The molecule has 110 valence electrons. The topological polar surface area (TPSA) is 90.7 Å². The summed E-state index contributed by atoms with van der Waals surface area (Å²) in [6.45, 7) is 1.52. The molecule has 3 N–H and O–H groups in total. The lowest BCUT2D eigenvalue weighted by Gasteiger charge is -2.22. The van der Waals surface area contributed by atoms with E-state index < -0.39 is 10.0 Å². The average molecular weight is 298 g/mol. The van der Waals surface area contributed by atoms with Crippen LogP contribution in [0.3, 0.4) is 0 Å². The molecule has 0 aromatic heterocycles. The van der Waals surface area contributed by atoms with E-state index in [1.807, 2.05) is 0 Å². The number of sulfonamides is 1. The molecular weight excluding hydrogens is 280 g/mol. The Morgan fingerprint density at radius 3 is 2.90 bits per heavy atom. The van der Waals surface area contributed by atoms with E-state index in [-0.39, 0.29) is 10.9 Å². The van der Waals surface area contributed by atoms with Crippen molar-refractivity contribution in [2.24, 2.45) is 0 Å². The number of ether oxygens (including phenoxy) is 2. The third-order valence-electron chi connectivity index (χ3n) is 3.53. The Bertz CT molecular complexity index is 609. The van der Waals surface area contributed by atoms with Crippen LogP contribution in [0.1, 0.15) is 18.4 Å². The average Bonchev–Trinajstić information content (AvgIpc) is 2.89. The maximum absolute atomic E-state index is 12.5. The van der Waals surface area contributed by atoms with Crippen LogP contribution in [0, 0.1) is 0 Å². The fourth-order valence-corrected chi connectivity index (χ4v) is 4.06. The molecule has 1 unspecified atom stereocenters. The molecule has 1 atom stereocenters. The molecule has 0 saturated carbocycles. The van der Waals surface area contributed by atoms with Gasteiger partial charge in [0.1, 0.15) is 10.6 Å². The number of nitrogens with two attached hydrogens (primary N) is 1. The zero-order valence-electron chi connectivity index (χ0n) is 11.1. The molecule has 1 fully saturated rings. The number of hydrogen-bond acceptors (Lipinski definition) is 5. The van der Waals surface area contributed by atoms with Crippen molar-refractivity contribution in [1.82, 2.24) is 4.72 Å². The highest BCUT2D eigenvalue weighted by molar-refractivity contribution is 7.89. The third-order valence-corrected chi connectivity index (χ3v) is 5.06. The van der Waals surface area contributed by atoms with Gasteiger partial charge in [-0.05, 0) is 37.0 Å². The Kier molecular flexibility index (Phi) is 3.57. The van der Waals surface area contributed by atoms with Crippen LogP contribution < -0.4 is 15.2 Å². The first-order valence-corrected chi connectivity index (χ1v) is 8.20. The van der Waals surface area contributed by atoms with Gasteiger partial charge in [-0.1, -0.05) is 0 Å². The van der Waals surface area contributed by atoms with Gasteiger partial charge in [0, 0.05) is 18.3 Å². The maximum atomic E-state index is 12.5. The molecule has 1 aromatic carbocycles. The van der Waals surface area contributed by atoms with Crippen LogP contribution in [0.15, 0.2) is 17.0 Å². The Labute approximate surface area is 118 Å². The minimum Gasteiger partial charge on any atom is -0.492 e. The molecule has 0 aliphatic carbocycles. The highest BCUT2D eigenvalue weighted by Crippen LogP contribution is 2.34. The molecule has 20 heavy (non-hydrogen) atoms. The highest BCUT2D eigenvalue weighted by atomic mass is 32.2. The molecule has 2 aliphatic heterocycles. The van der Waals surface area contributed by atoms with Crippen LogP contribution in [0.25, 0.3) is 0 Å². The van der Waals surface area contributed by atoms with Crippen LogP contribution in [0.4, 0.5) is 5.69 Å². The monoisotopic (exact) mass is 298 g/mol. The molecule has 2 aliphatic rings. The highest BCUT2D eigenvalue weighted by Gasteiger charge is 2.28. The second kappa shape index (κ2) is 5.23. The number of benzene rings is 1. The summed E-state index contributed by atoms with van der Waals surface area (Å²) in [5, 5.41) is 0. The summed E-state index contributed by atoms with van der Waals surface area (Å²) in [5.74, 6) is 0.442. The van der Waals surface area contributed by atoms with Gasteiger partial charge in [0.05, 0.1) is 13.2 Å². The maximum Gasteiger partial charge on any atom is 0.244 e. The summed E-state index contributed by atoms with van der Waals surface area (Å²) in [7, 11) is -3.64. The van der Waals surface area contributed by atoms with E-state index in [1.54, 1.807) is 6.07 Å². The van der Waals surface area contributed by atoms with Gasteiger partial charge in [-0.25, -0.2) is 13.1 Å². The zero-order chi connectivity index (χ0) is 14.2. The second-order valence-corrected chi connectivity index (χ2v) is 6.82. The molecule has 0 spiro atoms. The van der Waals surface area contributed by atoms with E-state index in [0.29, 0.717) is 37.7 Å². The van der Waals surface area contributed by atoms with Crippen LogP contribution in [0.2, 0.25) is 0 Å². The van der Waals surface area contributed by atoms with Gasteiger partial charge in [-0.2, -0.15) is 0 Å². The smallest absolute Gasteiger partial charge is 0.244 e. The van der Waals surface area contributed by atoms with Crippen molar-refractivity contribution < 1.29 is 17.9 Å². The predicted octanol–water partition coefficient (Wildman–Crippen LogP) is 0.661. The zero-order valence-corrected chi connectivity index (χ0v) is 11.9. The Morgan fingerprint density at radius 1 is 1.30 bits per heavy atom. The molecule has 0 amide bonds.